The van der Waals surface area contributed by atoms with E-state index in [-0.39, 0.29) is 5.70 Å². The van der Waals surface area contributed by atoms with E-state index < -0.39 is 17.7 Å². The van der Waals surface area contributed by atoms with Gasteiger partial charge in [0.1, 0.15) is 5.70 Å². The number of carbonyl (C=O) groups is 2. The van der Waals surface area contributed by atoms with E-state index in [0.717, 1.165) is 0 Å². The zero-order chi connectivity index (χ0) is 17.9. The van der Waals surface area contributed by atoms with E-state index in [1.165, 1.54) is 28.4 Å². The van der Waals surface area contributed by atoms with E-state index >= 15 is 0 Å². The van der Waals surface area contributed by atoms with Crippen LogP contribution in [0.4, 0.5) is 0 Å². The molecule has 1 aromatic rings. The van der Waals surface area contributed by atoms with Crippen LogP contribution in [0.2, 0.25) is 0 Å². The van der Waals surface area contributed by atoms with Crippen molar-refractivity contribution in [2.45, 2.75) is 6.92 Å². The lowest BCUT2D eigenvalue weighted by atomic mass is 10.00. The lowest BCUT2D eigenvalue weighted by Gasteiger charge is -2.13. The Kier molecular flexibility index (Phi) is 5.23. The smallest absolute Gasteiger partial charge is 0.322 e. The van der Waals surface area contributed by atoms with Crippen molar-refractivity contribution in [3.05, 3.63) is 23.4 Å². The molecule has 0 radical (unpaired) electrons. The standard InChI is InChI=1S/C17H19NO6/c1-9-14(17(20)24-5)15(19)11(18-9)6-10-7-12(21-2)16(23-4)13(8-10)22-3/h6-8,14H,1-5H3/b11-6+. The first-order chi connectivity index (χ1) is 11.5. The second kappa shape index (κ2) is 7.16. The van der Waals surface area contributed by atoms with E-state index in [2.05, 4.69) is 9.73 Å². The topological polar surface area (TPSA) is 83.4 Å². The summed E-state index contributed by atoms with van der Waals surface area (Å²) in [6, 6.07) is 3.38. The van der Waals surface area contributed by atoms with Gasteiger partial charge in [-0.3, -0.25) is 14.6 Å². The maximum atomic E-state index is 12.4. The molecule has 0 N–H and O–H groups in total. The summed E-state index contributed by atoms with van der Waals surface area (Å²) in [5.41, 5.74) is 1.22. The molecule has 7 nitrogen and oxygen atoms in total. The Morgan fingerprint density at radius 3 is 2.12 bits per heavy atom. The monoisotopic (exact) mass is 333 g/mol. The van der Waals surface area contributed by atoms with Gasteiger partial charge in [0.05, 0.1) is 28.4 Å². The molecule has 0 aliphatic carbocycles. The minimum absolute atomic E-state index is 0.178. The van der Waals surface area contributed by atoms with Crippen molar-refractivity contribution >= 4 is 23.5 Å². The van der Waals surface area contributed by atoms with Crippen LogP contribution in [0.1, 0.15) is 12.5 Å². The van der Waals surface area contributed by atoms with Crippen LogP contribution in [0.5, 0.6) is 17.2 Å². The Hall–Kier alpha value is -2.83. The normalized spacial score (nSPS) is 18.4. The fourth-order valence-electron chi connectivity index (χ4n) is 2.49. The van der Waals surface area contributed by atoms with Crippen LogP contribution < -0.4 is 14.2 Å². The molecule has 7 heteroatoms. The predicted octanol–water partition coefficient (Wildman–Crippen LogP) is 1.89. The van der Waals surface area contributed by atoms with Crippen molar-refractivity contribution < 1.29 is 28.5 Å². The highest BCUT2D eigenvalue weighted by Gasteiger charge is 2.37. The molecule has 0 bridgehead atoms. The number of methoxy groups -OCH3 is 4. The molecule has 24 heavy (non-hydrogen) atoms. The number of esters is 1. The molecule has 0 aromatic heterocycles. The van der Waals surface area contributed by atoms with E-state index in [4.69, 9.17) is 14.2 Å². The minimum atomic E-state index is -0.983. The first kappa shape index (κ1) is 17.5. The number of ether oxygens (including phenoxy) is 4. The van der Waals surface area contributed by atoms with E-state index in [9.17, 15) is 9.59 Å². The first-order valence-electron chi connectivity index (χ1n) is 7.15. The highest BCUT2D eigenvalue weighted by molar-refractivity contribution is 6.28. The van der Waals surface area contributed by atoms with Gasteiger partial charge in [-0.1, -0.05) is 0 Å². The number of nitrogens with zero attached hydrogens (tertiary/aromatic N) is 1. The molecule has 128 valence electrons. The molecule has 0 fully saturated rings. The summed E-state index contributed by atoms with van der Waals surface area (Å²) in [5.74, 6) is -0.628. The van der Waals surface area contributed by atoms with Gasteiger partial charge in [-0.15, -0.1) is 0 Å². The molecule has 0 saturated heterocycles. The van der Waals surface area contributed by atoms with Crippen molar-refractivity contribution in [2.75, 3.05) is 28.4 Å². The molecule has 0 amide bonds. The second-order valence-electron chi connectivity index (χ2n) is 5.06. The number of hydrogen-bond acceptors (Lipinski definition) is 7. The van der Waals surface area contributed by atoms with Gasteiger partial charge in [0.15, 0.2) is 17.4 Å². The summed E-state index contributed by atoms with van der Waals surface area (Å²) >= 11 is 0. The Morgan fingerprint density at radius 1 is 1.08 bits per heavy atom. The third kappa shape index (κ3) is 3.10. The maximum absolute atomic E-state index is 12.4. The van der Waals surface area contributed by atoms with E-state index in [1.54, 1.807) is 25.1 Å². The molecular weight excluding hydrogens is 314 g/mol. The summed E-state index contributed by atoms with van der Waals surface area (Å²) in [6.45, 7) is 1.62. The highest BCUT2D eigenvalue weighted by atomic mass is 16.5. The molecule has 0 spiro atoms. The Labute approximate surface area is 139 Å². The maximum Gasteiger partial charge on any atom is 0.322 e. The first-order valence-corrected chi connectivity index (χ1v) is 7.15. The summed E-state index contributed by atoms with van der Waals surface area (Å²) in [4.78, 5) is 28.3. The number of hydrogen-bond donors (Lipinski definition) is 0. The molecule has 1 atom stereocenters. The van der Waals surface area contributed by atoms with Gasteiger partial charge in [-0.05, 0) is 30.7 Å². The molecule has 0 saturated carbocycles. The average molecular weight is 333 g/mol. The van der Waals surface area contributed by atoms with Crippen molar-refractivity contribution in [3.8, 4) is 17.2 Å². The fourth-order valence-corrected chi connectivity index (χ4v) is 2.49. The highest BCUT2D eigenvalue weighted by Crippen LogP contribution is 2.39. The van der Waals surface area contributed by atoms with E-state index in [1.807, 2.05) is 0 Å². The molecule has 2 rings (SSSR count). The summed E-state index contributed by atoms with van der Waals surface area (Å²) in [6.07, 6.45) is 1.57. The Balaban J connectivity index is 2.45. The molecule has 1 aromatic carbocycles. The summed E-state index contributed by atoms with van der Waals surface area (Å²) in [7, 11) is 5.76. The second-order valence-corrected chi connectivity index (χ2v) is 5.06. The van der Waals surface area contributed by atoms with E-state index in [0.29, 0.717) is 28.5 Å². The zero-order valence-electron chi connectivity index (χ0n) is 14.2. The van der Waals surface area contributed by atoms with Crippen LogP contribution in [0.15, 0.2) is 22.8 Å². The number of carbonyl (C=O) groups excluding carboxylic acids is 2. The lowest BCUT2D eigenvalue weighted by Crippen LogP contribution is -2.27. The average Bonchev–Trinajstić information content (AvgIpc) is 2.86. The van der Waals surface area contributed by atoms with Crippen molar-refractivity contribution in [1.82, 2.24) is 0 Å². The fraction of sp³-hybridized carbons (Fsp3) is 0.353. The predicted molar refractivity (Wildman–Crippen MR) is 87.7 cm³/mol. The van der Waals surface area contributed by atoms with Gasteiger partial charge in [-0.2, -0.15) is 0 Å². The Morgan fingerprint density at radius 2 is 1.67 bits per heavy atom. The number of rotatable bonds is 5. The van der Waals surface area contributed by atoms with Gasteiger partial charge in [0.25, 0.3) is 0 Å². The van der Waals surface area contributed by atoms with Crippen molar-refractivity contribution in [2.24, 2.45) is 10.9 Å². The molecule has 1 unspecified atom stereocenters. The molecule has 1 aliphatic heterocycles. The lowest BCUT2D eigenvalue weighted by molar-refractivity contribution is -0.145. The van der Waals surface area contributed by atoms with Crippen LogP contribution in [-0.2, 0) is 14.3 Å². The quantitative estimate of drug-likeness (QED) is 0.465. The Bertz CT molecular complexity index is 710. The SMILES string of the molecule is COC(=O)C1C(=O)/C(=C\c2cc(OC)c(OC)c(OC)c2)N=C1C. The molecule has 1 heterocycles. The van der Waals surface area contributed by atoms with Crippen LogP contribution in [0.25, 0.3) is 6.08 Å². The van der Waals surface area contributed by atoms with Gasteiger partial charge in [0, 0.05) is 5.71 Å². The van der Waals surface area contributed by atoms with Gasteiger partial charge >= 0.3 is 5.97 Å². The van der Waals surface area contributed by atoms with Crippen LogP contribution in [0.3, 0.4) is 0 Å². The number of allylic oxidation sites excluding steroid dienone is 1. The minimum Gasteiger partial charge on any atom is -0.493 e. The third-order valence-corrected chi connectivity index (χ3v) is 3.66. The van der Waals surface area contributed by atoms with Gasteiger partial charge in [0.2, 0.25) is 11.5 Å². The zero-order valence-corrected chi connectivity index (χ0v) is 14.2. The van der Waals surface area contributed by atoms with Crippen LogP contribution >= 0.6 is 0 Å². The van der Waals surface area contributed by atoms with Crippen LogP contribution in [0, 0.1) is 5.92 Å². The van der Waals surface area contributed by atoms with Gasteiger partial charge < -0.3 is 18.9 Å². The number of ketones is 1. The molecular formula is C17H19NO6. The summed E-state index contributed by atoms with van der Waals surface area (Å²) in [5, 5.41) is 0. The summed E-state index contributed by atoms with van der Waals surface area (Å²) < 4.78 is 20.5. The number of Topliss-reactive ketones (excluding diaryl/α,β-unsaturated/α-hetero) is 1. The molecule has 1 aliphatic rings. The van der Waals surface area contributed by atoms with Gasteiger partial charge in [-0.25, -0.2) is 0 Å². The van der Waals surface area contributed by atoms with Crippen molar-refractivity contribution in [1.29, 1.82) is 0 Å². The number of benzene rings is 1. The third-order valence-electron chi connectivity index (χ3n) is 3.66. The number of aliphatic imine (C=N–C) groups is 1. The van der Waals surface area contributed by atoms with Crippen LogP contribution in [-0.4, -0.2) is 45.9 Å². The largest absolute Gasteiger partial charge is 0.493 e. The van der Waals surface area contributed by atoms with Crippen molar-refractivity contribution in [3.63, 3.8) is 0 Å².